The molecule has 7 nitrogen and oxygen atoms in total. The van der Waals surface area contributed by atoms with E-state index >= 15 is 0 Å². The quantitative estimate of drug-likeness (QED) is 0.579. The van der Waals surface area contributed by atoms with E-state index < -0.39 is 10.9 Å². The Morgan fingerprint density at radius 1 is 1.27 bits per heavy atom. The fourth-order valence-electron chi connectivity index (χ4n) is 1.88. The molecule has 0 aliphatic rings. The zero-order valence-electron chi connectivity index (χ0n) is 10.9. The highest BCUT2D eigenvalue weighted by Gasteiger charge is 2.18. The van der Waals surface area contributed by atoms with E-state index in [0.717, 1.165) is 17.8 Å². The predicted octanol–water partition coefficient (Wildman–Crippen LogP) is 3.59. The molecule has 0 radical (unpaired) electrons. The van der Waals surface area contributed by atoms with Crippen molar-refractivity contribution in [1.82, 2.24) is 4.98 Å². The van der Waals surface area contributed by atoms with Gasteiger partial charge >= 0.3 is 5.97 Å². The minimum atomic E-state index is -1.25. The number of carboxylic acids is 1. The van der Waals surface area contributed by atoms with Crippen molar-refractivity contribution in [3.8, 4) is 0 Å². The average Bonchev–Trinajstić information content (AvgIpc) is 2.89. The summed E-state index contributed by atoms with van der Waals surface area (Å²) in [4.78, 5) is 25.9. The highest BCUT2D eigenvalue weighted by Crippen LogP contribution is 2.33. The maximum Gasteiger partial charge on any atom is 0.337 e. The van der Waals surface area contributed by atoms with Crippen LogP contribution in [0.25, 0.3) is 11.1 Å². The molecule has 0 fully saturated rings. The Labute approximate surface area is 127 Å². The highest BCUT2D eigenvalue weighted by molar-refractivity contribution is 7.99. The van der Waals surface area contributed by atoms with Crippen molar-refractivity contribution in [2.75, 3.05) is 0 Å². The largest absolute Gasteiger partial charge is 0.478 e. The Kier molecular flexibility index (Phi) is 3.51. The number of hydrogen-bond donors (Lipinski definition) is 1. The lowest BCUT2D eigenvalue weighted by atomic mass is 10.2. The summed E-state index contributed by atoms with van der Waals surface area (Å²) in [6.07, 6.45) is 0. The van der Waals surface area contributed by atoms with Crippen LogP contribution in [0.3, 0.4) is 0 Å². The molecule has 0 aliphatic heterocycles. The first kappa shape index (κ1) is 14.1. The molecule has 1 heterocycles. The van der Waals surface area contributed by atoms with Gasteiger partial charge in [0.05, 0.1) is 10.5 Å². The predicted molar refractivity (Wildman–Crippen MR) is 78.2 cm³/mol. The Bertz CT molecular complexity index is 857. The average molecular weight is 316 g/mol. The third kappa shape index (κ3) is 2.63. The molecule has 0 aliphatic carbocycles. The minimum Gasteiger partial charge on any atom is -0.478 e. The molecule has 22 heavy (non-hydrogen) atoms. The first-order valence-electron chi connectivity index (χ1n) is 6.10. The number of non-ortho nitro benzene ring substituents is 1. The number of nitro benzene ring substituents is 1. The first-order valence-corrected chi connectivity index (χ1v) is 6.91. The van der Waals surface area contributed by atoms with E-state index in [2.05, 4.69) is 4.98 Å². The van der Waals surface area contributed by atoms with Crippen molar-refractivity contribution in [2.45, 2.75) is 10.1 Å². The minimum absolute atomic E-state index is 0.165. The van der Waals surface area contributed by atoms with Gasteiger partial charge in [0.25, 0.3) is 10.9 Å². The summed E-state index contributed by atoms with van der Waals surface area (Å²) in [5.41, 5.74) is 0.799. The van der Waals surface area contributed by atoms with Gasteiger partial charge in [-0.1, -0.05) is 12.1 Å². The van der Waals surface area contributed by atoms with Gasteiger partial charge in [-0.25, -0.2) is 9.78 Å². The number of para-hydroxylation sites is 2. The Hall–Kier alpha value is -2.87. The third-order valence-corrected chi connectivity index (χ3v) is 3.80. The second-order valence-electron chi connectivity index (χ2n) is 4.29. The topological polar surface area (TPSA) is 106 Å². The van der Waals surface area contributed by atoms with Crippen LogP contribution in [0.5, 0.6) is 0 Å². The van der Waals surface area contributed by atoms with Gasteiger partial charge in [0.1, 0.15) is 5.52 Å². The van der Waals surface area contributed by atoms with Crippen molar-refractivity contribution >= 4 is 34.5 Å². The van der Waals surface area contributed by atoms with Gasteiger partial charge in [-0.3, -0.25) is 10.1 Å². The van der Waals surface area contributed by atoms with Gasteiger partial charge in [-0.05, 0) is 30.0 Å². The monoisotopic (exact) mass is 316 g/mol. The van der Waals surface area contributed by atoms with E-state index in [0.29, 0.717) is 16.0 Å². The summed E-state index contributed by atoms with van der Waals surface area (Å²) in [5.74, 6) is -1.25. The standard InChI is InChI=1S/C14H8N2O5S/c17-13(18)9-7-8(16(19)20)5-6-12(9)22-14-15-10-3-1-2-4-11(10)21-14/h1-7H,(H,17,18). The van der Waals surface area contributed by atoms with Crippen LogP contribution in [0.4, 0.5) is 5.69 Å². The van der Waals surface area contributed by atoms with Gasteiger partial charge in [0, 0.05) is 17.0 Å². The molecule has 0 spiro atoms. The molecule has 0 atom stereocenters. The molecule has 3 rings (SSSR count). The van der Waals surface area contributed by atoms with Crippen LogP contribution in [0.15, 0.2) is 57.0 Å². The Morgan fingerprint density at radius 3 is 2.73 bits per heavy atom. The number of carbonyl (C=O) groups is 1. The molecule has 0 unspecified atom stereocenters. The lowest BCUT2D eigenvalue weighted by Gasteiger charge is -2.02. The van der Waals surface area contributed by atoms with Gasteiger partial charge in [0.2, 0.25) is 0 Å². The normalized spacial score (nSPS) is 10.7. The van der Waals surface area contributed by atoms with Crippen molar-refractivity contribution in [1.29, 1.82) is 0 Å². The SMILES string of the molecule is O=C(O)c1cc([N+](=O)[O-])ccc1Sc1nc2ccccc2o1. The summed E-state index contributed by atoms with van der Waals surface area (Å²) >= 11 is 1.01. The number of aromatic carboxylic acids is 1. The number of aromatic nitrogens is 1. The molecule has 0 bridgehead atoms. The molecule has 2 aromatic carbocycles. The van der Waals surface area contributed by atoms with Gasteiger partial charge < -0.3 is 9.52 Å². The molecule has 8 heteroatoms. The summed E-state index contributed by atoms with van der Waals surface area (Å²) in [5, 5.41) is 20.2. The first-order chi connectivity index (χ1) is 10.5. The van der Waals surface area contributed by atoms with Crippen LogP contribution >= 0.6 is 11.8 Å². The number of nitrogens with zero attached hydrogens (tertiary/aromatic N) is 2. The smallest absolute Gasteiger partial charge is 0.337 e. The van der Waals surface area contributed by atoms with Gasteiger partial charge in [-0.15, -0.1) is 0 Å². The zero-order valence-corrected chi connectivity index (χ0v) is 11.7. The number of fused-ring (bicyclic) bond motifs is 1. The molecule has 1 aromatic heterocycles. The van der Waals surface area contributed by atoms with Crippen LogP contribution in [-0.2, 0) is 0 Å². The van der Waals surface area contributed by atoms with E-state index in [-0.39, 0.29) is 16.5 Å². The third-order valence-electron chi connectivity index (χ3n) is 2.88. The maximum atomic E-state index is 11.3. The number of oxazole rings is 1. The maximum absolute atomic E-state index is 11.3. The number of rotatable bonds is 4. The van der Waals surface area contributed by atoms with Crippen molar-refractivity contribution < 1.29 is 19.2 Å². The summed E-state index contributed by atoms with van der Waals surface area (Å²) in [6, 6.07) is 10.8. The molecule has 110 valence electrons. The van der Waals surface area contributed by atoms with Crippen LogP contribution in [0.2, 0.25) is 0 Å². The van der Waals surface area contributed by atoms with E-state index in [4.69, 9.17) is 4.42 Å². The summed E-state index contributed by atoms with van der Waals surface area (Å²) in [6.45, 7) is 0. The van der Waals surface area contributed by atoms with Crippen LogP contribution in [0, 0.1) is 10.1 Å². The fourth-order valence-corrected chi connectivity index (χ4v) is 2.73. The van der Waals surface area contributed by atoms with Crippen molar-refractivity contribution in [3.63, 3.8) is 0 Å². The molecule has 0 saturated heterocycles. The van der Waals surface area contributed by atoms with Crippen molar-refractivity contribution in [2.24, 2.45) is 0 Å². The second kappa shape index (κ2) is 5.49. The van der Waals surface area contributed by atoms with Crippen LogP contribution in [-0.4, -0.2) is 21.0 Å². The number of hydrogen-bond acceptors (Lipinski definition) is 6. The molecule has 0 amide bonds. The van der Waals surface area contributed by atoms with Crippen molar-refractivity contribution in [3.05, 3.63) is 58.1 Å². The summed E-state index contributed by atoms with van der Waals surface area (Å²) < 4.78 is 5.51. The number of carboxylic acid groups (broad SMARTS) is 1. The highest BCUT2D eigenvalue weighted by atomic mass is 32.2. The van der Waals surface area contributed by atoms with Crippen LogP contribution < -0.4 is 0 Å². The lowest BCUT2D eigenvalue weighted by Crippen LogP contribution is -2.00. The zero-order chi connectivity index (χ0) is 15.7. The van der Waals surface area contributed by atoms with Crippen LogP contribution in [0.1, 0.15) is 10.4 Å². The molecule has 0 saturated carbocycles. The molecule has 3 aromatic rings. The van der Waals surface area contributed by atoms with Gasteiger partial charge in [-0.2, -0.15) is 0 Å². The molecular weight excluding hydrogens is 308 g/mol. The lowest BCUT2D eigenvalue weighted by molar-refractivity contribution is -0.384. The fraction of sp³-hybridized carbons (Fsp3) is 0. The number of nitro groups is 1. The van der Waals surface area contributed by atoms with E-state index in [9.17, 15) is 20.0 Å². The Morgan fingerprint density at radius 2 is 2.05 bits per heavy atom. The molecular formula is C14H8N2O5S. The summed E-state index contributed by atoms with van der Waals surface area (Å²) in [7, 11) is 0. The second-order valence-corrected chi connectivity index (χ2v) is 5.29. The van der Waals surface area contributed by atoms with E-state index in [1.807, 2.05) is 6.07 Å². The van der Waals surface area contributed by atoms with Gasteiger partial charge in [0.15, 0.2) is 5.58 Å². The Balaban J connectivity index is 2.00. The van der Waals surface area contributed by atoms with E-state index in [1.165, 1.54) is 12.1 Å². The number of benzene rings is 2. The van der Waals surface area contributed by atoms with E-state index in [1.54, 1.807) is 18.2 Å². The molecule has 1 N–H and O–H groups in total.